The van der Waals surface area contributed by atoms with Crippen LogP contribution in [0, 0.1) is 0 Å². The van der Waals surface area contributed by atoms with Crippen molar-refractivity contribution < 1.29 is 24.3 Å². The van der Waals surface area contributed by atoms with Gasteiger partial charge in [-0.3, -0.25) is 14.4 Å². The number of fused-ring (bicyclic) bond motifs is 1. The molecule has 26 heavy (non-hydrogen) atoms. The van der Waals surface area contributed by atoms with Crippen molar-refractivity contribution in [2.24, 2.45) is 0 Å². The molecule has 0 fully saturated rings. The number of hydrogen-bond donors (Lipinski definition) is 1. The van der Waals surface area contributed by atoms with Crippen LogP contribution < -0.4 is 4.90 Å². The van der Waals surface area contributed by atoms with Gasteiger partial charge in [0.15, 0.2) is 0 Å². The first-order chi connectivity index (χ1) is 12.3. The molecule has 0 bridgehead atoms. The van der Waals surface area contributed by atoms with Crippen LogP contribution in [-0.4, -0.2) is 48.3 Å². The zero-order chi connectivity index (χ0) is 19.4. The lowest BCUT2D eigenvalue weighted by atomic mass is 10.1. The number of aromatic carboxylic acids is 1. The van der Waals surface area contributed by atoms with Crippen molar-refractivity contribution >= 4 is 45.8 Å². The molecule has 0 saturated carbocycles. The fourth-order valence-electron chi connectivity index (χ4n) is 2.20. The first-order valence-corrected chi connectivity index (χ1v) is 8.19. The molecule has 8 heteroatoms. The quantitative estimate of drug-likeness (QED) is 0.610. The molecular weight excluding hydrogens is 404 g/mol. The van der Waals surface area contributed by atoms with E-state index in [-0.39, 0.29) is 5.56 Å². The Morgan fingerprint density at radius 3 is 2.08 bits per heavy atom. The second kappa shape index (κ2) is 7.92. The van der Waals surface area contributed by atoms with Gasteiger partial charge in [0.05, 0.1) is 22.4 Å². The number of hydrogen-bond acceptors (Lipinski definition) is 4. The summed E-state index contributed by atoms with van der Waals surface area (Å²) < 4.78 is 0.713. The van der Waals surface area contributed by atoms with E-state index in [1.165, 1.54) is 29.2 Å². The van der Waals surface area contributed by atoms with Gasteiger partial charge in [0.1, 0.15) is 0 Å². The van der Waals surface area contributed by atoms with Crippen molar-refractivity contribution in [3.05, 3.63) is 63.6 Å². The van der Waals surface area contributed by atoms with Gasteiger partial charge in [0.25, 0.3) is 11.8 Å². The van der Waals surface area contributed by atoms with Crippen LogP contribution in [0.25, 0.3) is 0 Å². The maximum absolute atomic E-state index is 12.3. The highest BCUT2D eigenvalue weighted by Gasteiger charge is 2.36. The number of carbonyl (C=O) groups excluding carboxylic acids is 3. The molecule has 2 aromatic carbocycles. The Bertz CT molecular complexity index is 878. The second-order valence-corrected chi connectivity index (χ2v) is 6.47. The summed E-state index contributed by atoms with van der Waals surface area (Å²) in [6.45, 7) is 0. The molecule has 0 radical (unpaired) electrons. The standard InChI is InChI=1S/C15H8BrNO4.C3H7NO/c16-9-3-6-11-12(7-9)14(19)17(13(11)18)10-4-1-8(2-5-10)15(20)21;1-4(2)3-5/h1-7H,(H,20,21);3H,1-2H3. The molecule has 0 aromatic heterocycles. The number of carboxylic acids is 1. The minimum Gasteiger partial charge on any atom is -0.478 e. The fourth-order valence-corrected chi connectivity index (χ4v) is 2.56. The van der Waals surface area contributed by atoms with E-state index in [0.29, 0.717) is 21.3 Å². The first kappa shape index (κ1) is 19.3. The predicted molar refractivity (Wildman–Crippen MR) is 98.4 cm³/mol. The van der Waals surface area contributed by atoms with Crippen molar-refractivity contribution in [1.82, 2.24) is 4.90 Å². The summed E-state index contributed by atoms with van der Waals surface area (Å²) in [5.41, 5.74) is 1.11. The number of rotatable bonds is 3. The van der Waals surface area contributed by atoms with Gasteiger partial charge in [-0.2, -0.15) is 0 Å². The molecule has 1 aliphatic heterocycles. The molecule has 1 heterocycles. The maximum atomic E-state index is 12.3. The zero-order valence-corrected chi connectivity index (χ0v) is 15.6. The average Bonchev–Trinajstić information content (AvgIpc) is 2.86. The normalized spacial score (nSPS) is 12.2. The third-order valence-electron chi connectivity index (χ3n) is 3.43. The summed E-state index contributed by atoms with van der Waals surface area (Å²) >= 11 is 3.27. The molecule has 0 aliphatic carbocycles. The molecule has 1 N–H and O–H groups in total. The lowest BCUT2D eigenvalue weighted by Crippen LogP contribution is -2.29. The molecule has 0 unspecified atom stereocenters. The van der Waals surface area contributed by atoms with Crippen molar-refractivity contribution in [1.29, 1.82) is 0 Å². The molecule has 7 nitrogen and oxygen atoms in total. The van der Waals surface area contributed by atoms with Crippen LogP contribution >= 0.6 is 15.9 Å². The molecule has 2 aromatic rings. The number of carboxylic acid groups (broad SMARTS) is 1. The van der Waals surface area contributed by atoms with Crippen LogP contribution in [0.2, 0.25) is 0 Å². The van der Waals surface area contributed by atoms with Gasteiger partial charge in [-0.1, -0.05) is 15.9 Å². The third-order valence-corrected chi connectivity index (χ3v) is 3.93. The maximum Gasteiger partial charge on any atom is 0.335 e. The van der Waals surface area contributed by atoms with Crippen molar-refractivity contribution in [3.8, 4) is 0 Å². The second-order valence-electron chi connectivity index (χ2n) is 5.56. The van der Waals surface area contributed by atoms with E-state index in [9.17, 15) is 19.2 Å². The van der Waals surface area contributed by atoms with Crippen LogP contribution in [0.5, 0.6) is 0 Å². The Morgan fingerprint density at radius 1 is 1.04 bits per heavy atom. The molecule has 0 saturated heterocycles. The van der Waals surface area contributed by atoms with E-state index in [0.717, 1.165) is 11.3 Å². The van der Waals surface area contributed by atoms with E-state index in [1.807, 2.05) is 0 Å². The lowest BCUT2D eigenvalue weighted by Gasteiger charge is -2.13. The van der Waals surface area contributed by atoms with E-state index in [2.05, 4.69) is 15.9 Å². The number of nitrogens with zero attached hydrogens (tertiary/aromatic N) is 2. The summed E-state index contributed by atoms with van der Waals surface area (Å²) in [5.74, 6) is -1.89. The van der Waals surface area contributed by atoms with Crippen LogP contribution in [0.15, 0.2) is 46.9 Å². The Kier molecular flexibility index (Phi) is 5.89. The van der Waals surface area contributed by atoms with E-state index < -0.39 is 17.8 Å². The molecule has 0 atom stereocenters. The summed E-state index contributed by atoms with van der Waals surface area (Å²) in [6.07, 6.45) is 0.750. The van der Waals surface area contributed by atoms with Gasteiger partial charge in [0, 0.05) is 18.6 Å². The average molecular weight is 419 g/mol. The Balaban J connectivity index is 0.000000431. The number of benzene rings is 2. The molecule has 3 rings (SSSR count). The Labute approximate surface area is 158 Å². The first-order valence-electron chi connectivity index (χ1n) is 7.39. The van der Waals surface area contributed by atoms with Crippen LogP contribution in [0.3, 0.4) is 0 Å². The topological polar surface area (TPSA) is 95.0 Å². The van der Waals surface area contributed by atoms with Crippen LogP contribution in [0.1, 0.15) is 31.1 Å². The lowest BCUT2D eigenvalue weighted by molar-refractivity contribution is -0.115. The monoisotopic (exact) mass is 418 g/mol. The van der Waals surface area contributed by atoms with E-state index in [4.69, 9.17) is 5.11 Å². The molecule has 3 amide bonds. The zero-order valence-electron chi connectivity index (χ0n) is 14.0. The van der Waals surface area contributed by atoms with Gasteiger partial charge < -0.3 is 10.0 Å². The van der Waals surface area contributed by atoms with E-state index >= 15 is 0 Å². The number of imide groups is 1. The van der Waals surface area contributed by atoms with Gasteiger partial charge in [-0.15, -0.1) is 0 Å². The van der Waals surface area contributed by atoms with Crippen LogP contribution in [-0.2, 0) is 4.79 Å². The van der Waals surface area contributed by atoms with E-state index in [1.54, 1.807) is 32.3 Å². The summed E-state index contributed by atoms with van der Waals surface area (Å²) in [7, 11) is 3.38. The predicted octanol–water partition coefficient (Wildman–Crippen LogP) is 2.65. The molecular formula is C18H15BrN2O5. The smallest absolute Gasteiger partial charge is 0.335 e. The third kappa shape index (κ3) is 3.97. The highest BCUT2D eigenvalue weighted by molar-refractivity contribution is 9.10. The largest absolute Gasteiger partial charge is 0.478 e. The van der Waals surface area contributed by atoms with Crippen LogP contribution in [0.4, 0.5) is 5.69 Å². The van der Waals surface area contributed by atoms with Crippen molar-refractivity contribution in [2.45, 2.75) is 0 Å². The molecule has 134 valence electrons. The van der Waals surface area contributed by atoms with Gasteiger partial charge in [0.2, 0.25) is 6.41 Å². The summed E-state index contributed by atoms with van der Waals surface area (Å²) in [6, 6.07) is 10.5. The number of amides is 3. The van der Waals surface area contributed by atoms with Crippen molar-refractivity contribution in [3.63, 3.8) is 0 Å². The summed E-state index contributed by atoms with van der Waals surface area (Å²) in [4.78, 5) is 47.4. The highest BCUT2D eigenvalue weighted by atomic mass is 79.9. The summed E-state index contributed by atoms with van der Waals surface area (Å²) in [5, 5.41) is 8.86. The Morgan fingerprint density at radius 2 is 1.58 bits per heavy atom. The van der Waals surface area contributed by atoms with Crippen molar-refractivity contribution in [2.75, 3.05) is 19.0 Å². The fraction of sp³-hybridized carbons (Fsp3) is 0.111. The Hall–Kier alpha value is -3.00. The highest BCUT2D eigenvalue weighted by Crippen LogP contribution is 2.30. The molecule has 1 aliphatic rings. The number of halogens is 1. The minimum atomic E-state index is -1.06. The minimum absolute atomic E-state index is 0.0955. The SMILES string of the molecule is CN(C)C=O.O=C(O)c1ccc(N2C(=O)c3ccc(Br)cc3C2=O)cc1. The number of carbonyl (C=O) groups is 4. The van der Waals surface area contributed by atoms with Gasteiger partial charge >= 0.3 is 5.97 Å². The number of anilines is 1. The van der Waals surface area contributed by atoms with Gasteiger partial charge in [-0.05, 0) is 42.5 Å². The van der Waals surface area contributed by atoms with Gasteiger partial charge in [-0.25, -0.2) is 9.69 Å². The molecule has 0 spiro atoms.